The minimum Gasteiger partial charge on any atom is -0.444 e. The van der Waals surface area contributed by atoms with Gasteiger partial charge in [0.25, 0.3) is 10.0 Å². The quantitative estimate of drug-likeness (QED) is 0.787. The summed E-state index contributed by atoms with van der Waals surface area (Å²) in [7, 11) is -3.70. The minimum atomic E-state index is -3.70. The smallest absolute Gasteiger partial charge is 0.273 e. The third kappa shape index (κ3) is 3.07. The van der Waals surface area contributed by atoms with E-state index in [9.17, 15) is 8.42 Å². The average molecular weight is 342 g/mol. The van der Waals surface area contributed by atoms with E-state index in [1.807, 2.05) is 0 Å². The molecule has 1 N–H and O–H groups in total. The summed E-state index contributed by atoms with van der Waals surface area (Å²) in [5.41, 5.74) is 1.13. The summed E-state index contributed by atoms with van der Waals surface area (Å²) in [5.74, 6) is 0.553. The van der Waals surface area contributed by atoms with E-state index in [1.165, 1.54) is 12.6 Å². The molecule has 0 aliphatic carbocycles. The number of hydrogen-bond donors (Lipinski definition) is 1. The molecule has 1 aromatic carbocycles. The number of thiazole rings is 1. The Morgan fingerprint density at radius 1 is 1.29 bits per heavy atom. The molecule has 0 radical (unpaired) electrons. The second-order valence-corrected chi connectivity index (χ2v) is 7.51. The van der Waals surface area contributed by atoms with E-state index in [2.05, 4.69) is 14.7 Å². The van der Waals surface area contributed by atoms with Gasteiger partial charge in [-0.2, -0.15) is 0 Å². The predicted molar refractivity (Wildman–Crippen MR) is 79.9 cm³/mol. The van der Waals surface area contributed by atoms with Crippen molar-refractivity contribution in [2.24, 2.45) is 0 Å². The molecule has 0 saturated carbocycles. The fraction of sp³-hybridized carbons (Fsp3) is 0. The van der Waals surface area contributed by atoms with Crippen LogP contribution in [0.25, 0.3) is 11.3 Å². The highest BCUT2D eigenvalue weighted by molar-refractivity contribution is 7.94. The first-order valence-electron chi connectivity index (χ1n) is 5.68. The Morgan fingerprint density at radius 2 is 2.14 bits per heavy atom. The van der Waals surface area contributed by atoms with Gasteiger partial charge in [-0.1, -0.05) is 35.1 Å². The van der Waals surface area contributed by atoms with Crippen molar-refractivity contribution in [3.63, 3.8) is 0 Å². The van der Waals surface area contributed by atoms with Crippen LogP contribution in [0, 0.1) is 0 Å². The summed E-state index contributed by atoms with van der Waals surface area (Å²) >= 11 is 6.55. The molecule has 6 nitrogen and oxygen atoms in total. The Balaban J connectivity index is 1.90. The van der Waals surface area contributed by atoms with Crippen molar-refractivity contribution in [2.45, 2.75) is 4.21 Å². The van der Waals surface area contributed by atoms with Crippen molar-refractivity contribution in [1.29, 1.82) is 0 Å². The summed E-state index contributed by atoms with van der Waals surface area (Å²) in [6.07, 6.45) is 4.08. The van der Waals surface area contributed by atoms with Gasteiger partial charge in [-0.3, -0.25) is 4.72 Å². The van der Waals surface area contributed by atoms with Gasteiger partial charge in [0.1, 0.15) is 0 Å². The molecule has 0 atom stereocenters. The largest absolute Gasteiger partial charge is 0.444 e. The molecule has 2 aromatic heterocycles. The highest BCUT2D eigenvalue weighted by atomic mass is 35.5. The first kappa shape index (κ1) is 14.1. The van der Waals surface area contributed by atoms with Gasteiger partial charge in [0.2, 0.25) is 0 Å². The van der Waals surface area contributed by atoms with Crippen LogP contribution in [0.3, 0.4) is 0 Å². The van der Waals surface area contributed by atoms with Crippen LogP contribution in [0.15, 0.2) is 51.7 Å². The van der Waals surface area contributed by atoms with Crippen molar-refractivity contribution in [2.75, 3.05) is 4.72 Å². The second-order valence-electron chi connectivity index (χ2n) is 3.98. The number of nitrogens with zero attached hydrogens (tertiary/aromatic N) is 2. The molecule has 9 heteroatoms. The number of aromatic nitrogens is 2. The van der Waals surface area contributed by atoms with E-state index < -0.39 is 10.0 Å². The number of oxazole rings is 1. The topological polar surface area (TPSA) is 85.1 Å². The molecular weight excluding hydrogens is 334 g/mol. The highest BCUT2D eigenvalue weighted by Crippen LogP contribution is 2.27. The Kier molecular flexibility index (Phi) is 3.66. The van der Waals surface area contributed by atoms with E-state index in [0.29, 0.717) is 11.4 Å². The molecule has 0 saturated heterocycles. The van der Waals surface area contributed by atoms with Crippen LogP contribution in [0.5, 0.6) is 0 Å². The SMILES string of the molecule is O=S(=O)(Nc1cccc(-c2cnco2)c1)c1cnc(Cl)s1. The zero-order valence-corrected chi connectivity index (χ0v) is 12.7. The van der Waals surface area contributed by atoms with E-state index >= 15 is 0 Å². The molecule has 3 aromatic rings. The number of hydrogen-bond acceptors (Lipinski definition) is 6. The second kappa shape index (κ2) is 5.47. The van der Waals surface area contributed by atoms with Crippen molar-refractivity contribution < 1.29 is 12.8 Å². The molecule has 0 amide bonds. The first-order valence-corrected chi connectivity index (χ1v) is 8.35. The predicted octanol–water partition coefficient (Wildman–Crippen LogP) is 3.25. The maximum absolute atomic E-state index is 12.2. The molecule has 3 rings (SSSR count). The summed E-state index contributed by atoms with van der Waals surface area (Å²) in [4.78, 5) is 7.55. The molecule has 21 heavy (non-hydrogen) atoms. The van der Waals surface area contributed by atoms with Crippen LogP contribution < -0.4 is 4.72 Å². The maximum Gasteiger partial charge on any atom is 0.273 e. The highest BCUT2D eigenvalue weighted by Gasteiger charge is 2.18. The molecule has 0 aliphatic heterocycles. The van der Waals surface area contributed by atoms with Crippen LogP contribution in [0.2, 0.25) is 4.47 Å². The lowest BCUT2D eigenvalue weighted by Crippen LogP contribution is -2.11. The number of nitrogens with one attached hydrogen (secondary N) is 1. The molecule has 0 bridgehead atoms. The average Bonchev–Trinajstić information content (AvgIpc) is 3.09. The minimum absolute atomic E-state index is 0.0533. The van der Waals surface area contributed by atoms with Crippen LogP contribution in [0.1, 0.15) is 0 Å². The lowest BCUT2D eigenvalue weighted by molar-refractivity contribution is 0.572. The number of halogens is 1. The molecule has 2 heterocycles. The van der Waals surface area contributed by atoms with E-state index in [-0.39, 0.29) is 8.68 Å². The first-order chi connectivity index (χ1) is 10.0. The van der Waals surface area contributed by atoms with Crippen molar-refractivity contribution in [1.82, 2.24) is 9.97 Å². The van der Waals surface area contributed by atoms with Gasteiger partial charge in [-0.05, 0) is 12.1 Å². The Morgan fingerprint density at radius 3 is 2.81 bits per heavy atom. The fourth-order valence-corrected chi connectivity index (χ4v) is 4.01. The number of sulfonamides is 1. The zero-order chi connectivity index (χ0) is 14.9. The number of rotatable bonds is 4. The molecule has 0 spiro atoms. The molecule has 0 unspecified atom stereocenters. The summed E-state index contributed by atoms with van der Waals surface area (Å²) in [6, 6.07) is 6.80. The Bertz CT molecular complexity index is 860. The molecule has 0 fully saturated rings. The van der Waals surface area contributed by atoms with Gasteiger partial charge < -0.3 is 4.42 Å². The summed E-state index contributed by atoms with van der Waals surface area (Å²) in [5, 5.41) is 0. The monoisotopic (exact) mass is 341 g/mol. The third-order valence-electron chi connectivity index (χ3n) is 2.55. The fourth-order valence-electron chi connectivity index (χ4n) is 1.66. The van der Waals surface area contributed by atoms with Gasteiger partial charge in [0.15, 0.2) is 20.8 Å². The Labute approximate surface area is 129 Å². The van der Waals surface area contributed by atoms with Gasteiger partial charge in [-0.25, -0.2) is 18.4 Å². The van der Waals surface area contributed by atoms with Crippen LogP contribution >= 0.6 is 22.9 Å². The van der Waals surface area contributed by atoms with Crippen molar-refractivity contribution in [3.05, 3.63) is 47.5 Å². The van der Waals surface area contributed by atoms with Gasteiger partial charge in [-0.15, -0.1) is 0 Å². The van der Waals surface area contributed by atoms with Crippen molar-refractivity contribution >= 4 is 38.6 Å². The zero-order valence-electron chi connectivity index (χ0n) is 10.4. The third-order valence-corrected chi connectivity index (χ3v) is 5.51. The van der Waals surface area contributed by atoms with E-state index in [0.717, 1.165) is 16.9 Å². The summed E-state index contributed by atoms with van der Waals surface area (Å²) in [6.45, 7) is 0. The van der Waals surface area contributed by atoms with Gasteiger partial charge >= 0.3 is 0 Å². The lowest BCUT2D eigenvalue weighted by atomic mass is 10.2. The van der Waals surface area contributed by atoms with Crippen molar-refractivity contribution in [3.8, 4) is 11.3 Å². The van der Waals surface area contributed by atoms with Crippen LogP contribution in [-0.4, -0.2) is 18.4 Å². The number of anilines is 1. The van der Waals surface area contributed by atoms with E-state index in [1.54, 1.807) is 30.5 Å². The summed E-state index contributed by atoms with van der Waals surface area (Å²) < 4.78 is 32.2. The van der Waals surface area contributed by atoms with Crippen LogP contribution in [0.4, 0.5) is 5.69 Å². The van der Waals surface area contributed by atoms with Crippen LogP contribution in [-0.2, 0) is 10.0 Å². The Hall–Kier alpha value is -1.90. The maximum atomic E-state index is 12.2. The molecule has 0 aliphatic rings. The standard InChI is InChI=1S/C12H8ClN3O3S2/c13-12-15-6-11(20-12)21(17,18)16-9-3-1-2-8(4-9)10-5-14-7-19-10/h1-7,16H. The molecular formula is C12H8ClN3O3S2. The molecule has 108 valence electrons. The van der Waals surface area contributed by atoms with Gasteiger partial charge in [0.05, 0.1) is 12.4 Å². The normalized spacial score (nSPS) is 11.5. The van der Waals surface area contributed by atoms with E-state index in [4.69, 9.17) is 16.0 Å². The lowest BCUT2D eigenvalue weighted by Gasteiger charge is -2.06. The van der Waals surface area contributed by atoms with Gasteiger partial charge in [0, 0.05) is 11.3 Å². The number of benzene rings is 1.